The second-order valence-electron chi connectivity index (χ2n) is 6.95. The van der Waals surface area contributed by atoms with Crippen molar-refractivity contribution >= 4 is 52.9 Å². The average molecular weight is 529 g/mol. The first-order valence-corrected chi connectivity index (χ1v) is 10.4. The van der Waals surface area contributed by atoms with Crippen LogP contribution >= 0.6 is 35.3 Å². The normalized spacial score (nSPS) is 10.8. The van der Waals surface area contributed by atoms with Crippen molar-refractivity contribution in [3.8, 4) is 0 Å². The lowest BCUT2D eigenvalue weighted by atomic mass is 10.3. The lowest BCUT2D eigenvalue weighted by molar-refractivity contribution is -0.127. The second-order valence-corrected chi connectivity index (χ2v) is 7.73. The van der Waals surface area contributed by atoms with Gasteiger partial charge in [0.1, 0.15) is 6.54 Å². The van der Waals surface area contributed by atoms with Gasteiger partial charge in [0.15, 0.2) is 5.96 Å². The molecule has 1 N–H and O–H groups in total. The number of carbonyl (C=O) groups excluding carboxylic acids is 1. The van der Waals surface area contributed by atoms with Crippen molar-refractivity contribution in [2.45, 2.75) is 13.0 Å². The Morgan fingerprint density at radius 1 is 1.10 bits per heavy atom. The number of halogens is 1. The van der Waals surface area contributed by atoms with Gasteiger partial charge in [0.25, 0.3) is 0 Å². The van der Waals surface area contributed by atoms with Gasteiger partial charge >= 0.3 is 0 Å². The Morgan fingerprint density at radius 2 is 1.83 bits per heavy atom. The number of hydrogen-bond donors (Lipinski definition) is 1. The van der Waals surface area contributed by atoms with E-state index in [-0.39, 0.29) is 36.4 Å². The van der Waals surface area contributed by atoms with E-state index in [2.05, 4.69) is 68.2 Å². The van der Waals surface area contributed by atoms with Crippen LogP contribution in [0.15, 0.2) is 52.2 Å². The molecule has 1 aromatic carbocycles. The van der Waals surface area contributed by atoms with Crippen LogP contribution in [0.1, 0.15) is 12.0 Å². The van der Waals surface area contributed by atoms with Gasteiger partial charge in [-0.25, -0.2) is 4.99 Å². The summed E-state index contributed by atoms with van der Waals surface area (Å²) in [6.45, 7) is 2.64. The summed E-state index contributed by atoms with van der Waals surface area (Å²) in [6, 6.07) is 12.5. The fraction of sp³-hybridized carbons (Fsp3) is 0.429. The van der Waals surface area contributed by atoms with Gasteiger partial charge < -0.3 is 20.0 Å². The molecule has 2 rings (SSSR count). The minimum absolute atomic E-state index is 0. The van der Waals surface area contributed by atoms with E-state index in [4.69, 9.17) is 0 Å². The molecule has 1 aromatic heterocycles. The highest BCUT2D eigenvalue weighted by Crippen LogP contribution is 2.11. The number of guanidine groups is 1. The highest BCUT2D eigenvalue weighted by Gasteiger charge is 2.10. The number of para-hydroxylation sites is 1. The molecule has 0 saturated heterocycles. The summed E-state index contributed by atoms with van der Waals surface area (Å²) in [5.41, 5.74) is 2.45. The van der Waals surface area contributed by atoms with Crippen molar-refractivity contribution in [3.05, 3.63) is 52.7 Å². The van der Waals surface area contributed by atoms with Crippen LogP contribution in [0, 0.1) is 0 Å². The number of amides is 1. The number of nitrogens with zero attached hydrogens (tertiary/aromatic N) is 4. The van der Waals surface area contributed by atoms with E-state index in [0.29, 0.717) is 0 Å². The Kier molecular flexibility index (Phi) is 11.7. The molecule has 0 aliphatic carbocycles. The summed E-state index contributed by atoms with van der Waals surface area (Å²) in [5.74, 6) is 0.746. The van der Waals surface area contributed by atoms with Gasteiger partial charge in [-0.1, -0.05) is 18.2 Å². The third-order valence-electron chi connectivity index (χ3n) is 4.37. The van der Waals surface area contributed by atoms with Crippen LogP contribution in [-0.4, -0.2) is 69.5 Å². The Balaban J connectivity index is 0.00000420. The maximum atomic E-state index is 11.9. The van der Waals surface area contributed by atoms with Gasteiger partial charge in [0.05, 0.1) is 0 Å². The smallest absolute Gasteiger partial charge is 0.243 e. The van der Waals surface area contributed by atoms with Crippen LogP contribution in [0.3, 0.4) is 0 Å². The highest BCUT2D eigenvalue weighted by atomic mass is 127. The molecule has 0 spiro atoms. The van der Waals surface area contributed by atoms with E-state index < -0.39 is 0 Å². The first-order valence-electron chi connectivity index (χ1n) is 9.44. The van der Waals surface area contributed by atoms with Crippen molar-refractivity contribution in [1.82, 2.24) is 15.1 Å². The predicted octanol–water partition coefficient (Wildman–Crippen LogP) is 3.36. The van der Waals surface area contributed by atoms with Crippen molar-refractivity contribution in [2.75, 3.05) is 52.7 Å². The largest absolute Gasteiger partial charge is 0.375 e. The topological polar surface area (TPSA) is 51.2 Å². The maximum absolute atomic E-state index is 11.9. The minimum Gasteiger partial charge on any atom is -0.375 e. The molecule has 0 fully saturated rings. The number of thiophene rings is 1. The van der Waals surface area contributed by atoms with Crippen LogP contribution in [0.5, 0.6) is 0 Å². The van der Waals surface area contributed by atoms with Gasteiger partial charge in [0, 0.05) is 53.5 Å². The maximum Gasteiger partial charge on any atom is 0.243 e. The number of benzene rings is 1. The Hall–Kier alpha value is -1.81. The summed E-state index contributed by atoms with van der Waals surface area (Å²) in [7, 11) is 7.60. The molecule has 0 saturated carbocycles. The fourth-order valence-electron chi connectivity index (χ4n) is 2.65. The third kappa shape index (κ3) is 9.03. The summed E-state index contributed by atoms with van der Waals surface area (Å²) in [6.07, 6.45) is 0.971. The molecule has 8 heteroatoms. The van der Waals surface area contributed by atoms with Crippen LogP contribution < -0.4 is 10.2 Å². The van der Waals surface area contributed by atoms with E-state index in [9.17, 15) is 4.79 Å². The zero-order valence-corrected chi connectivity index (χ0v) is 20.8. The molecule has 29 heavy (non-hydrogen) atoms. The van der Waals surface area contributed by atoms with Crippen LogP contribution in [0.25, 0.3) is 0 Å². The van der Waals surface area contributed by atoms with E-state index >= 15 is 0 Å². The quantitative estimate of drug-likeness (QED) is 0.234. The monoisotopic (exact) mass is 529 g/mol. The average Bonchev–Trinajstić information content (AvgIpc) is 3.20. The molecular formula is C21H32IN5OS. The highest BCUT2D eigenvalue weighted by molar-refractivity contribution is 14.0. The molecular weight excluding hydrogens is 497 g/mol. The Bertz CT molecular complexity index is 737. The first kappa shape index (κ1) is 25.2. The molecule has 0 bridgehead atoms. The number of aliphatic imine (C=N–C) groups is 1. The van der Waals surface area contributed by atoms with Gasteiger partial charge in [0.2, 0.25) is 5.91 Å². The van der Waals surface area contributed by atoms with Gasteiger partial charge in [-0.15, -0.1) is 24.0 Å². The van der Waals surface area contributed by atoms with Crippen LogP contribution in [0.4, 0.5) is 5.69 Å². The van der Waals surface area contributed by atoms with Gasteiger partial charge in [-0.2, -0.15) is 11.3 Å². The summed E-state index contributed by atoms with van der Waals surface area (Å²) in [4.78, 5) is 22.3. The van der Waals surface area contributed by atoms with Gasteiger partial charge in [-0.05, 0) is 40.9 Å². The molecule has 1 amide bonds. The summed E-state index contributed by atoms with van der Waals surface area (Å²) in [5, 5.41) is 7.62. The summed E-state index contributed by atoms with van der Waals surface area (Å²) >= 11 is 1.68. The van der Waals surface area contributed by atoms with Crippen molar-refractivity contribution in [2.24, 2.45) is 4.99 Å². The fourth-order valence-corrected chi connectivity index (χ4v) is 3.31. The third-order valence-corrected chi connectivity index (χ3v) is 5.11. The Labute approximate surface area is 195 Å². The molecule has 6 nitrogen and oxygen atoms in total. The Morgan fingerprint density at radius 3 is 2.45 bits per heavy atom. The van der Waals surface area contributed by atoms with Crippen LogP contribution in [-0.2, 0) is 11.3 Å². The van der Waals surface area contributed by atoms with Gasteiger partial charge in [-0.3, -0.25) is 4.79 Å². The minimum atomic E-state index is -0.00737. The zero-order chi connectivity index (χ0) is 20.4. The number of anilines is 1. The van der Waals surface area contributed by atoms with E-state index in [1.54, 1.807) is 30.3 Å². The molecule has 0 unspecified atom stereocenters. The van der Waals surface area contributed by atoms with Crippen molar-refractivity contribution in [3.63, 3.8) is 0 Å². The molecule has 0 aliphatic rings. The van der Waals surface area contributed by atoms with Crippen LogP contribution in [0.2, 0.25) is 0 Å². The second kappa shape index (κ2) is 13.4. The van der Waals surface area contributed by atoms with Crippen molar-refractivity contribution < 1.29 is 4.79 Å². The van der Waals surface area contributed by atoms with E-state index in [1.807, 2.05) is 13.1 Å². The lowest BCUT2D eigenvalue weighted by Crippen LogP contribution is -2.40. The first-order chi connectivity index (χ1) is 13.5. The number of carbonyl (C=O) groups is 1. The number of hydrogen-bond acceptors (Lipinski definition) is 4. The number of rotatable bonds is 9. The standard InChI is InChI=1S/C21H31N5OS.HI/c1-24(2)20(27)15-23-21(26(4)16-18-11-14-28-17-18)22-12-8-13-25(3)19-9-6-5-7-10-19;/h5-7,9-11,14,17H,8,12-13,15-16H2,1-4H3,(H,22,23);1H. The van der Waals surface area contributed by atoms with Crippen molar-refractivity contribution in [1.29, 1.82) is 0 Å². The number of likely N-dealkylation sites (N-methyl/N-ethyl adjacent to an activating group) is 1. The SMILES string of the molecule is CN(C)C(=O)CN=C(NCCCN(C)c1ccccc1)N(C)Cc1ccsc1.I. The molecule has 2 aromatic rings. The zero-order valence-electron chi connectivity index (χ0n) is 17.7. The molecule has 1 heterocycles. The predicted molar refractivity (Wildman–Crippen MR) is 135 cm³/mol. The molecule has 160 valence electrons. The van der Waals surface area contributed by atoms with E-state index in [0.717, 1.165) is 32.0 Å². The molecule has 0 atom stereocenters. The summed E-state index contributed by atoms with van der Waals surface area (Å²) < 4.78 is 0. The molecule has 0 aliphatic heterocycles. The lowest BCUT2D eigenvalue weighted by Gasteiger charge is -2.23. The van der Waals surface area contributed by atoms with E-state index in [1.165, 1.54) is 11.3 Å². The molecule has 0 radical (unpaired) electrons. The number of nitrogens with one attached hydrogen (secondary N) is 1.